The fourth-order valence-electron chi connectivity index (χ4n) is 6.93. The zero-order valence-electron chi connectivity index (χ0n) is 37.9. The highest BCUT2D eigenvalue weighted by Gasteiger charge is 2.42. The van der Waals surface area contributed by atoms with Gasteiger partial charge in [-0.25, -0.2) is 0 Å². The van der Waals surface area contributed by atoms with Crippen molar-refractivity contribution in [1.29, 1.82) is 0 Å². The molecule has 1 saturated carbocycles. The van der Waals surface area contributed by atoms with Gasteiger partial charge < -0.3 is 39.1 Å². The third-order valence-electron chi connectivity index (χ3n) is 10.5. The standard InChI is InChI=1S/C42H70N2O14S6/c1-6-41(24-53-31(45)8-14-59,25-54-32(46)9-15-60)28-57-35(49)12-18-63-37(51)43-23-40(5)21-30(20-39(3,4)22-40)44-38(52)64-19-13-36(50)58-29-42(7-2,26-55-33(47)10-16-61)27-56-34(48)11-17-62/h30,59-62H,6-29H2,1-5H3,(H,43,51)(H,44,52). The first-order chi connectivity index (χ1) is 30.2. The van der Waals surface area contributed by atoms with E-state index in [2.05, 4.69) is 81.9 Å². The molecule has 2 unspecified atom stereocenters. The molecule has 368 valence electrons. The van der Waals surface area contributed by atoms with E-state index in [0.717, 1.165) is 29.9 Å². The molecule has 64 heavy (non-hydrogen) atoms. The van der Waals surface area contributed by atoms with Crippen molar-refractivity contribution in [3.8, 4) is 0 Å². The lowest BCUT2D eigenvalue weighted by Gasteiger charge is -2.46. The molecule has 2 amide bonds. The van der Waals surface area contributed by atoms with Crippen LogP contribution in [0, 0.1) is 21.7 Å². The molecule has 0 aromatic rings. The highest BCUT2D eigenvalue weighted by atomic mass is 32.2. The van der Waals surface area contributed by atoms with E-state index < -0.39 is 46.6 Å². The zero-order chi connectivity index (χ0) is 48.2. The van der Waals surface area contributed by atoms with Gasteiger partial charge in [-0.3, -0.25) is 38.4 Å². The molecular weight excluding hydrogens is 949 g/mol. The average Bonchev–Trinajstić information content (AvgIpc) is 3.22. The summed E-state index contributed by atoms with van der Waals surface area (Å²) in [5, 5.41) is 5.45. The van der Waals surface area contributed by atoms with E-state index >= 15 is 0 Å². The van der Waals surface area contributed by atoms with Gasteiger partial charge in [-0.15, -0.1) is 0 Å². The van der Waals surface area contributed by atoms with Crippen molar-refractivity contribution in [2.24, 2.45) is 21.7 Å². The summed E-state index contributed by atoms with van der Waals surface area (Å²) in [6.45, 7) is 9.46. The smallest absolute Gasteiger partial charge is 0.306 e. The third kappa shape index (κ3) is 25.7. The molecule has 0 aromatic carbocycles. The van der Waals surface area contributed by atoms with Crippen molar-refractivity contribution in [2.45, 2.75) is 111 Å². The van der Waals surface area contributed by atoms with Crippen LogP contribution < -0.4 is 10.6 Å². The van der Waals surface area contributed by atoms with Crippen LogP contribution in [0.3, 0.4) is 0 Å². The van der Waals surface area contributed by atoms with Gasteiger partial charge in [0.1, 0.15) is 39.6 Å². The van der Waals surface area contributed by atoms with Gasteiger partial charge in [-0.1, -0.05) is 58.1 Å². The second-order valence-electron chi connectivity index (χ2n) is 17.1. The van der Waals surface area contributed by atoms with Crippen molar-refractivity contribution in [3.05, 3.63) is 0 Å². The number of thioether (sulfide) groups is 2. The molecule has 0 aliphatic heterocycles. The monoisotopic (exact) mass is 1020 g/mol. The minimum absolute atomic E-state index is 0.0617. The number of ether oxygens (including phenoxy) is 6. The molecule has 1 fully saturated rings. The molecule has 0 aromatic heterocycles. The lowest BCUT2D eigenvalue weighted by molar-refractivity contribution is -0.164. The number of nitrogens with one attached hydrogen (secondary N) is 2. The van der Waals surface area contributed by atoms with Crippen molar-refractivity contribution in [1.82, 2.24) is 10.6 Å². The summed E-state index contributed by atoms with van der Waals surface area (Å²) in [7, 11) is 0. The Labute approximate surface area is 409 Å². The Bertz CT molecular complexity index is 1480. The van der Waals surface area contributed by atoms with E-state index in [1.54, 1.807) is 0 Å². The number of thiol groups is 4. The number of carbonyl (C=O) groups excluding carboxylic acids is 8. The van der Waals surface area contributed by atoms with Gasteiger partial charge in [-0.2, -0.15) is 50.5 Å². The second kappa shape index (κ2) is 31.8. The minimum Gasteiger partial charge on any atom is -0.465 e. The van der Waals surface area contributed by atoms with Crippen LogP contribution in [0.4, 0.5) is 9.59 Å². The number of rotatable bonds is 31. The molecule has 2 N–H and O–H groups in total. The molecule has 16 nitrogen and oxygen atoms in total. The Morgan fingerprint density at radius 1 is 0.531 bits per heavy atom. The maximum atomic E-state index is 13.0. The van der Waals surface area contributed by atoms with Crippen LogP contribution in [0.1, 0.15) is 105 Å². The van der Waals surface area contributed by atoms with Gasteiger partial charge in [0.25, 0.3) is 10.5 Å². The van der Waals surface area contributed by atoms with Gasteiger partial charge in [0.05, 0.1) is 49.4 Å². The van der Waals surface area contributed by atoms with Gasteiger partial charge >= 0.3 is 35.8 Å². The Kier molecular flexibility index (Phi) is 29.7. The molecule has 0 heterocycles. The fourth-order valence-corrected chi connectivity index (χ4v) is 8.99. The van der Waals surface area contributed by atoms with E-state index in [0.29, 0.717) is 55.2 Å². The molecule has 1 aliphatic rings. The third-order valence-corrected chi connectivity index (χ3v) is 13.0. The lowest BCUT2D eigenvalue weighted by Crippen LogP contribution is -2.49. The number of hydrogen-bond acceptors (Lipinski definition) is 20. The van der Waals surface area contributed by atoms with Gasteiger partial charge in [0.15, 0.2) is 0 Å². The van der Waals surface area contributed by atoms with Crippen LogP contribution in [-0.4, -0.2) is 133 Å². The van der Waals surface area contributed by atoms with Crippen LogP contribution in [0.5, 0.6) is 0 Å². The van der Waals surface area contributed by atoms with E-state index in [-0.39, 0.29) is 117 Å². The van der Waals surface area contributed by atoms with Crippen molar-refractivity contribution >= 4 is 120 Å². The van der Waals surface area contributed by atoms with Crippen LogP contribution in [-0.2, 0) is 57.2 Å². The molecular formula is C42H70N2O14S6. The topological polar surface area (TPSA) is 216 Å². The summed E-state index contributed by atoms with van der Waals surface area (Å²) in [5.74, 6) is -1.47. The molecule has 0 bridgehead atoms. The van der Waals surface area contributed by atoms with Gasteiger partial charge in [0, 0.05) is 47.1 Å². The molecule has 1 rings (SSSR count). The van der Waals surface area contributed by atoms with Crippen LogP contribution in [0.15, 0.2) is 0 Å². The average molecular weight is 1020 g/mol. The normalized spacial score (nSPS) is 17.0. The first-order valence-electron chi connectivity index (χ1n) is 21.4. The quantitative estimate of drug-likeness (QED) is 0.0246. The number of amides is 2. The van der Waals surface area contributed by atoms with E-state index in [9.17, 15) is 38.4 Å². The molecule has 22 heteroatoms. The Morgan fingerprint density at radius 2 is 0.859 bits per heavy atom. The molecule has 2 atom stereocenters. The summed E-state index contributed by atoms with van der Waals surface area (Å²) in [4.78, 5) is 99.6. The predicted molar refractivity (Wildman–Crippen MR) is 261 cm³/mol. The van der Waals surface area contributed by atoms with E-state index in [1.807, 2.05) is 13.8 Å². The van der Waals surface area contributed by atoms with E-state index in [4.69, 9.17) is 28.4 Å². The summed E-state index contributed by atoms with van der Waals surface area (Å²) < 4.78 is 32.5. The molecule has 0 spiro atoms. The van der Waals surface area contributed by atoms with Crippen molar-refractivity contribution in [2.75, 3.05) is 80.7 Å². The van der Waals surface area contributed by atoms with Crippen molar-refractivity contribution < 1.29 is 66.8 Å². The molecule has 0 radical (unpaired) electrons. The Balaban J connectivity index is 2.65. The van der Waals surface area contributed by atoms with Gasteiger partial charge in [0.2, 0.25) is 0 Å². The van der Waals surface area contributed by atoms with Crippen LogP contribution in [0.25, 0.3) is 0 Å². The maximum absolute atomic E-state index is 13.0. The first kappa shape index (κ1) is 59.9. The van der Waals surface area contributed by atoms with Gasteiger partial charge in [-0.05, 0) is 42.9 Å². The van der Waals surface area contributed by atoms with E-state index in [1.165, 1.54) is 0 Å². The SMILES string of the molecule is CCC(COC(=O)CCS)(COC(=O)CCS)COC(=O)CCSC(=O)NCC1(C)CC(NC(=O)SCCC(=O)OCC(CC)(COC(=O)CCS)COC(=O)CCS)CC(C)(C)C1. The summed E-state index contributed by atoms with van der Waals surface area (Å²) in [6.07, 6.45) is 3.15. The zero-order valence-corrected chi connectivity index (χ0v) is 43.1. The predicted octanol–water partition coefficient (Wildman–Crippen LogP) is 6.57. The molecule has 0 saturated heterocycles. The summed E-state index contributed by atoms with van der Waals surface area (Å²) in [6, 6.07) is -0.186. The van der Waals surface area contributed by atoms with Crippen LogP contribution >= 0.6 is 74.0 Å². The second-order valence-corrected chi connectivity index (χ2v) is 21.0. The maximum Gasteiger partial charge on any atom is 0.306 e. The highest BCUT2D eigenvalue weighted by molar-refractivity contribution is 8.13. The highest BCUT2D eigenvalue weighted by Crippen LogP contribution is 2.46. The first-order valence-corrected chi connectivity index (χ1v) is 25.9. The minimum atomic E-state index is -0.951. The fraction of sp³-hybridized carbons (Fsp3) is 0.810. The summed E-state index contributed by atoms with van der Waals surface area (Å²) in [5.41, 5.74) is -2.41. The summed E-state index contributed by atoms with van der Waals surface area (Å²) >= 11 is 18.1. The Morgan fingerprint density at radius 3 is 1.19 bits per heavy atom. The molecule has 1 aliphatic carbocycles. The number of carbonyl (C=O) groups is 8. The van der Waals surface area contributed by atoms with Crippen molar-refractivity contribution in [3.63, 3.8) is 0 Å². The number of esters is 6. The largest absolute Gasteiger partial charge is 0.465 e. The Hall–Kier alpha value is -2.14. The van der Waals surface area contributed by atoms with Crippen LogP contribution in [0.2, 0.25) is 0 Å². The lowest BCUT2D eigenvalue weighted by atomic mass is 9.62. The number of hydrogen-bond donors (Lipinski definition) is 6.